The molecule has 0 aliphatic heterocycles. The largest absolute Gasteiger partial charge is 0.476 e. The maximum absolute atomic E-state index is 11.4. The van der Waals surface area contributed by atoms with Gasteiger partial charge in [0.25, 0.3) is 0 Å². The molecule has 2 N–H and O–H groups in total. The first kappa shape index (κ1) is 13.7. The van der Waals surface area contributed by atoms with Gasteiger partial charge in [0.1, 0.15) is 0 Å². The highest BCUT2D eigenvalue weighted by atomic mass is 127. The Balaban J connectivity index is 2.21. The van der Waals surface area contributed by atoms with Crippen LogP contribution in [0.1, 0.15) is 10.5 Å². The van der Waals surface area contributed by atoms with E-state index in [-0.39, 0.29) is 5.69 Å². The Kier molecular flexibility index (Phi) is 3.70. The van der Waals surface area contributed by atoms with Crippen molar-refractivity contribution in [1.29, 1.82) is 0 Å². The molecule has 5 nitrogen and oxygen atoms in total. The summed E-state index contributed by atoms with van der Waals surface area (Å²) in [4.78, 5) is 11.4. The fraction of sp³-hybridized carbons (Fsp3) is 0. The first-order chi connectivity index (χ1) is 10.2. The number of rotatable bonds is 3. The second-order valence-corrected chi connectivity index (χ2v) is 5.51. The first-order valence-corrected chi connectivity index (χ1v) is 7.25. The average Bonchev–Trinajstić information content (AvgIpc) is 2.49. The summed E-state index contributed by atoms with van der Waals surface area (Å²) in [7, 11) is 0. The van der Waals surface area contributed by atoms with Crippen LogP contribution in [0.15, 0.2) is 48.5 Å². The fourth-order valence-electron chi connectivity index (χ4n) is 2.03. The van der Waals surface area contributed by atoms with Gasteiger partial charge in [-0.3, -0.25) is 0 Å². The third-order valence-corrected chi connectivity index (χ3v) is 3.94. The molecule has 21 heavy (non-hydrogen) atoms. The van der Waals surface area contributed by atoms with Crippen LogP contribution in [-0.2, 0) is 0 Å². The summed E-state index contributed by atoms with van der Waals surface area (Å²) in [5.41, 5.74) is 1.85. The van der Waals surface area contributed by atoms with E-state index in [0.717, 1.165) is 14.6 Å². The van der Waals surface area contributed by atoms with Gasteiger partial charge in [0.2, 0.25) is 0 Å². The minimum Gasteiger partial charge on any atom is -0.476 e. The molecule has 3 aromatic rings. The van der Waals surface area contributed by atoms with Crippen molar-refractivity contribution < 1.29 is 9.90 Å². The lowest BCUT2D eigenvalue weighted by Crippen LogP contribution is -2.08. The SMILES string of the molecule is O=C(O)c1nnc2ccccc2c1Nc1ccccc1I. The van der Waals surface area contributed by atoms with Gasteiger partial charge in [0, 0.05) is 8.96 Å². The molecule has 0 atom stereocenters. The van der Waals surface area contributed by atoms with E-state index in [4.69, 9.17) is 0 Å². The number of para-hydroxylation sites is 1. The Hall–Kier alpha value is -2.22. The van der Waals surface area contributed by atoms with E-state index >= 15 is 0 Å². The van der Waals surface area contributed by atoms with E-state index in [0.29, 0.717) is 11.2 Å². The number of nitrogens with one attached hydrogen (secondary N) is 1. The third kappa shape index (κ3) is 2.66. The molecular weight excluding hydrogens is 381 g/mol. The molecule has 3 rings (SSSR count). The van der Waals surface area contributed by atoms with Crippen molar-refractivity contribution in [2.45, 2.75) is 0 Å². The summed E-state index contributed by atoms with van der Waals surface area (Å²) in [5.74, 6) is -1.11. The molecule has 2 aromatic carbocycles. The Labute approximate surface area is 134 Å². The zero-order valence-corrected chi connectivity index (χ0v) is 12.9. The topological polar surface area (TPSA) is 75.1 Å². The highest BCUT2D eigenvalue weighted by Gasteiger charge is 2.17. The van der Waals surface area contributed by atoms with Crippen molar-refractivity contribution in [2.24, 2.45) is 0 Å². The Morgan fingerprint density at radius 3 is 2.52 bits per heavy atom. The molecule has 0 bridgehead atoms. The van der Waals surface area contributed by atoms with E-state index in [1.165, 1.54) is 0 Å². The van der Waals surface area contributed by atoms with Gasteiger partial charge >= 0.3 is 5.97 Å². The van der Waals surface area contributed by atoms with Crippen molar-refractivity contribution >= 4 is 50.8 Å². The molecule has 1 heterocycles. The molecule has 0 radical (unpaired) electrons. The van der Waals surface area contributed by atoms with Crippen LogP contribution in [-0.4, -0.2) is 21.3 Å². The van der Waals surface area contributed by atoms with Crippen molar-refractivity contribution in [2.75, 3.05) is 5.32 Å². The predicted molar refractivity (Wildman–Crippen MR) is 88.9 cm³/mol. The van der Waals surface area contributed by atoms with E-state index in [9.17, 15) is 9.90 Å². The van der Waals surface area contributed by atoms with E-state index in [2.05, 4.69) is 38.1 Å². The maximum Gasteiger partial charge on any atom is 0.358 e. The smallest absolute Gasteiger partial charge is 0.358 e. The highest BCUT2D eigenvalue weighted by molar-refractivity contribution is 14.1. The normalized spacial score (nSPS) is 10.5. The minimum absolute atomic E-state index is 0.0895. The third-order valence-electron chi connectivity index (χ3n) is 3.00. The summed E-state index contributed by atoms with van der Waals surface area (Å²) in [6, 6.07) is 15.0. The van der Waals surface area contributed by atoms with Crippen LogP contribution in [0.2, 0.25) is 0 Å². The summed E-state index contributed by atoms with van der Waals surface area (Å²) < 4.78 is 0.993. The molecule has 0 fully saturated rings. The first-order valence-electron chi connectivity index (χ1n) is 6.17. The molecule has 0 spiro atoms. The van der Waals surface area contributed by atoms with Crippen LogP contribution in [0.3, 0.4) is 0 Å². The van der Waals surface area contributed by atoms with Crippen LogP contribution in [0.4, 0.5) is 11.4 Å². The number of carboxylic acid groups (broad SMARTS) is 1. The van der Waals surface area contributed by atoms with E-state index < -0.39 is 5.97 Å². The maximum atomic E-state index is 11.4. The summed E-state index contributed by atoms with van der Waals surface area (Å²) in [6.45, 7) is 0. The van der Waals surface area contributed by atoms with Gasteiger partial charge in [-0.25, -0.2) is 4.79 Å². The van der Waals surface area contributed by atoms with Crippen LogP contribution >= 0.6 is 22.6 Å². The number of hydrogen-bond acceptors (Lipinski definition) is 4. The molecule has 0 aliphatic carbocycles. The van der Waals surface area contributed by atoms with Crippen LogP contribution in [0, 0.1) is 3.57 Å². The molecule has 0 aliphatic rings. The number of carboxylic acids is 1. The molecular formula is C15H10IN3O2. The van der Waals surface area contributed by atoms with Crippen LogP contribution in [0.25, 0.3) is 10.9 Å². The van der Waals surface area contributed by atoms with Crippen LogP contribution in [0.5, 0.6) is 0 Å². The van der Waals surface area contributed by atoms with E-state index in [1.807, 2.05) is 42.5 Å². The number of aromatic carboxylic acids is 1. The summed E-state index contributed by atoms with van der Waals surface area (Å²) in [5, 5.41) is 21.0. The number of aromatic nitrogens is 2. The lowest BCUT2D eigenvalue weighted by Gasteiger charge is -2.12. The lowest BCUT2D eigenvalue weighted by atomic mass is 10.1. The molecule has 6 heteroatoms. The van der Waals surface area contributed by atoms with Crippen molar-refractivity contribution in [3.05, 3.63) is 57.8 Å². The Morgan fingerprint density at radius 2 is 1.76 bits per heavy atom. The van der Waals surface area contributed by atoms with Gasteiger partial charge in [-0.15, -0.1) is 10.2 Å². The zero-order chi connectivity index (χ0) is 14.8. The Morgan fingerprint density at radius 1 is 1.05 bits per heavy atom. The molecule has 0 unspecified atom stereocenters. The molecule has 104 valence electrons. The van der Waals surface area contributed by atoms with Crippen molar-refractivity contribution in [1.82, 2.24) is 10.2 Å². The molecule has 0 saturated carbocycles. The number of hydrogen-bond donors (Lipinski definition) is 2. The van der Waals surface area contributed by atoms with Crippen LogP contribution < -0.4 is 5.32 Å². The molecule has 0 saturated heterocycles. The summed E-state index contributed by atoms with van der Waals surface area (Å²) >= 11 is 2.19. The second-order valence-electron chi connectivity index (χ2n) is 4.35. The number of halogens is 1. The van der Waals surface area contributed by atoms with Crippen molar-refractivity contribution in [3.8, 4) is 0 Å². The number of fused-ring (bicyclic) bond motifs is 1. The minimum atomic E-state index is -1.11. The quantitative estimate of drug-likeness (QED) is 0.667. The van der Waals surface area contributed by atoms with Gasteiger partial charge in [-0.1, -0.05) is 30.3 Å². The van der Waals surface area contributed by atoms with E-state index in [1.54, 1.807) is 6.07 Å². The molecule has 1 aromatic heterocycles. The highest BCUT2D eigenvalue weighted by Crippen LogP contribution is 2.29. The fourth-order valence-corrected chi connectivity index (χ4v) is 2.55. The number of anilines is 2. The van der Waals surface area contributed by atoms with Gasteiger partial charge in [-0.2, -0.15) is 0 Å². The second kappa shape index (κ2) is 5.65. The average molecular weight is 391 g/mol. The Bertz CT molecular complexity index is 836. The van der Waals surface area contributed by atoms with Gasteiger partial charge in [-0.05, 0) is 40.8 Å². The predicted octanol–water partition coefficient (Wildman–Crippen LogP) is 3.68. The standard InChI is InChI=1S/C15H10IN3O2/c16-10-6-2-4-8-12(10)17-13-9-5-1-3-7-11(9)18-19-14(13)15(20)21/h1-8H,(H,17,18)(H,20,21). The number of carbonyl (C=O) groups is 1. The zero-order valence-electron chi connectivity index (χ0n) is 10.7. The monoisotopic (exact) mass is 391 g/mol. The lowest BCUT2D eigenvalue weighted by molar-refractivity contribution is 0.0690. The summed E-state index contributed by atoms with van der Waals surface area (Å²) in [6.07, 6.45) is 0. The number of benzene rings is 2. The number of nitrogens with zero attached hydrogens (tertiary/aromatic N) is 2. The van der Waals surface area contributed by atoms with Gasteiger partial charge < -0.3 is 10.4 Å². The van der Waals surface area contributed by atoms with Gasteiger partial charge in [0.15, 0.2) is 5.69 Å². The molecule has 0 amide bonds. The van der Waals surface area contributed by atoms with Gasteiger partial charge in [0.05, 0.1) is 16.9 Å². The van der Waals surface area contributed by atoms with Crippen molar-refractivity contribution in [3.63, 3.8) is 0 Å².